The third kappa shape index (κ3) is 5.56. The highest BCUT2D eigenvalue weighted by molar-refractivity contribution is 7.98. The zero-order valence-electron chi connectivity index (χ0n) is 17.3. The molecule has 12 heteroatoms. The van der Waals surface area contributed by atoms with Crippen molar-refractivity contribution < 1.29 is 30.9 Å². The zero-order chi connectivity index (χ0) is 24.5. The molecule has 0 atom stereocenters. The SMILES string of the molecule is Cc1cc(SCc2nc(-c3cccc(C(F)(F)F)c3)no2)nc(-c2ccc(C(F)(F)F)cc2)n1. The summed E-state index contributed by atoms with van der Waals surface area (Å²) in [6, 6.07) is 10.8. The Morgan fingerprint density at radius 1 is 0.765 bits per heavy atom. The second kappa shape index (κ2) is 9.09. The van der Waals surface area contributed by atoms with Crippen LogP contribution in [0, 0.1) is 6.92 Å². The Morgan fingerprint density at radius 3 is 2.15 bits per heavy atom. The summed E-state index contributed by atoms with van der Waals surface area (Å²) in [5.74, 6) is 0.622. The van der Waals surface area contributed by atoms with Crippen LogP contribution < -0.4 is 0 Å². The topological polar surface area (TPSA) is 64.7 Å². The third-order valence-corrected chi connectivity index (χ3v) is 5.46. The van der Waals surface area contributed by atoms with Gasteiger partial charge in [-0.2, -0.15) is 31.3 Å². The van der Waals surface area contributed by atoms with E-state index in [-0.39, 0.29) is 28.9 Å². The number of rotatable bonds is 5. The summed E-state index contributed by atoms with van der Waals surface area (Å²) < 4.78 is 82.3. The first-order valence-electron chi connectivity index (χ1n) is 9.65. The van der Waals surface area contributed by atoms with Crippen molar-refractivity contribution in [3.63, 3.8) is 0 Å². The number of thioether (sulfide) groups is 1. The van der Waals surface area contributed by atoms with Gasteiger partial charge < -0.3 is 4.52 Å². The van der Waals surface area contributed by atoms with E-state index >= 15 is 0 Å². The molecule has 0 unspecified atom stereocenters. The van der Waals surface area contributed by atoms with Crippen molar-refractivity contribution in [2.24, 2.45) is 0 Å². The van der Waals surface area contributed by atoms with E-state index in [0.717, 1.165) is 24.3 Å². The summed E-state index contributed by atoms with van der Waals surface area (Å²) in [4.78, 5) is 12.8. The van der Waals surface area contributed by atoms with Gasteiger partial charge >= 0.3 is 12.4 Å². The molecule has 0 spiro atoms. The van der Waals surface area contributed by atoms with Crippen molar-refractivity contribution in [3.8, 4) is 22.8 Å². The second-order valence-corrected chi connectivity index (χ2v) is 8.12. The first-order valence-corrected chi connectivity index (χ1v) is 10.6. The van der Waals surface area contributed by atoms with E-state index in [1.54, 1.807) is 13.0 Å². The Balaban J connectivity index is 1.49. The Bertz CT molecular complexity index is 1300. The largest absolute Gasteiger partial charge is 0.416 e. The minimum absolute atomic E-state index is 0.0195. The molecule has 34 heavy (non-hydrogen) atoms. The van der Waals surface area contributed by atoms with Crippen LogP contribution in [0.4, 0.5) is 26.3 Å². The molecule has 4 rings (SSSR count). The van der Waals surface area contributed by atoms with Crippen LogP contribution in [-0.2, 0) is 18.1 Å². The van der Waals surface area contributed by atoms with Gasteiger partial charge in [0.25, 0.3) is 0 Å². The highest BCUT2D eigenvalue weighted by atomic mass is 32.2. The summed E-state index contributed by atoms with van der Waals surface area (Å²) >= 11 is 1.21. The first kappa shape index (κ1) is 23.7. The number of hydrogen-bond acceptors (Lipinski definition) is 6. The fraction of sp³-hybridized carbons (Fsp3) is 0.182. The van der Waals surface area contributed by atoms with Gasteiger partial charge in [0.2, 0.25) is 11.7 Å². The summed E-state index contributed by atoms with van der Waals surface area (Å²) in [5, 5.41) is 4.26. The molecule has 2 heterocycles. The Hall–Kier alpha value is -3.41. The Morgan fingerprint density at radius 2 is 1.47 bits per heavy atom. The van der Waals surface area contributed by atoms with E-state index < -0.39 is 23.5 Å². The van der Waals surface area contributed by atoms with E-state index in [1.165, 1.54) is 36.0 Å². The maximum atomic E-state index is 12.9. The number of benzene rings is 2. The van der Waals surface area contributed by atoms with Crippen molar-refractivity contribution in [2.75, 3.05) is 0 Å². The molecule has 0 amide bonds. The Labute approximate surface area is 193 Å². The van der Waals surface area contributed by atoms with Crippen LogP contribution in [0.25, 0.3) is 22.8 Å². The lowest BCUT2D eigenvalue weighted by Crippen LogP contribution is -2.04. The summed E-state index contributed by atoms with van der Waals surface area (Å²) in [6.45, 7) is 1.72. The monoisotopic (exact) mass is 496 g/mol. The number of alkyl halides is 6. The molecule has 0 aliphatic rings. The van der Waals surface area contributed by atoms with E-state index in [9.17, 15) is 26.3 Å². The number of hydrogen-bond donors (Lipinski definition) is 0. The Kier molecular flexibility index (Phi) is 6.34. The molecular weight excluding hydrogens is 482 g/mol. The second-order valence-electron chi connectivity index (χ2n) is 7.13. The normalized spacial score (nSPS) is 12.2. The molecule has 2 aromatic carbocycles. The van der Waals surface area contributed by atoms with Gasteiger partial charge in [-0.3, -0.25) is 0 Å². The van der Waals surface area contributed by atoms with E-state index in [2.05, 4.69) is 20.1 Å². The van der Waals surface area contributed by atoms with Gasteiger partial charge in [0.1, 0.15) is 5.03 Å². The van der Waals surface area contributed by atoms with Crippen LogP contribution in [0.2, 0.25) is 0 Å². The maximum absolute atomic E-state index is 12.9. The lowest BCUT2D eigenvalue weighted by Gasteiger charge is -2.08. The van der Waals surface area contributed by atoms with Crippen molar-refractivity contribution >= 4 is 11.8 Å². The standard InChI is InChI=1S/C22H14F6N4OS/c1-12-9-18(31-19(29-12)13-5-7-15(8-6-13)21(23,24)25)34-11-17-30-20(32-33-17)14-3-2-4-16(10-14)22(26,27)28/h2-10H,11H2,1H3. The average Bonchev–Trinajstić information content (AvgIpc) is 3.26. The van der Waals surface area contributed by atoms with Crippen molar-refractivity contribution in [1.29, 1.82) is 0 Å². The molecular formula is C22H14F6N4OS. The van der Waals surface area contributed by atoms with Crippen LogP contribution in [0.15, 0.2) is 64.1 Å². The van der Waals surface area contributed by atoms with Gasteiger partial charge in [-0.05, 0) is 37.3 Å². The first-order chi connectivity index (χ1) is 16.0. The van der Waals surface area contributed by atoms with Gasteiger partial charge in [0.15, 0.2) is 5.82 Å². The zero-order valence-corrected chi connectivity index (χ0v) is 18.1. The molecule has 0 fully saturated rings. The van der Waals surface area contributed by atoms with Crippen LogP contribution in [0.3, 0.4) is 0 Å². The number of nitrogens with zero attached hydrogens (tertiary/aromatic N) is 4. The molecule has 4 aromatic rings. The molecule has 5 nitrogen and oxygen atoms in total. The number of aromatic nitrogens is 4. The number of halogens is 6. The molecule has 0 bridgehead atoms. The molecule has 0 aliphatic carbocycles. The summed E-state index contributed by atoms with van der Waals surface area (Å²) in [5.41, 5.74) is -0.410. The van der Waals surface area contributed by atoms with Crippen molar-refractivity contribution in [3.05, 3.63) is 77.3 Å². The van der Waals surface area contributed by atoms with E-state index in [0.29, 0.717) is 16.3 Å². The lowest BCUT2D eigenvalue weighted by molar-refractivity contribution is -0.138. The van der Waals surface area contributed by atoms with Crippen LogP contribution in [0.5, 0.6) is 0 Å². The predicted octanol–water partition coefficient (Wildman–Crippen LogP) is 6.83. The molecule has 0 radical (unpaired) electrons. The smallest absolute Gasteiger partial charge is 0.338 e. The van der Waals surface area contributed by atoms with Crippen molar-refractivity contribution in [2.45, 2.75) is 30.1 Å². The predicted molar refractivity (Wildman–Crippen MR) is 112 cm³/mol. The average molecular weight is 496 g/mol. The van der Waals surface area contributed by atoms with E-state index in [1.807, 2.05) is 0 Å². The molecule has 0 saturated carbocycles. The molecule has 0 aliphatic heterocycles. The van der Waals surface area contributed by atoms with Gasteiger partial charge in [-0.1, -0.05) is 41.2 Å². The minimum Gasteiger partial charge on any atom is -0.338 e. The fourth-order valence-electron chi connectivity index (χ4n) is 2.95. The summed E-state index contributed by atoms with van der Waals surface area (Å²) in [6.07, 6.45) is -8.93. The molecule has 176 valence electrons. The quantitative estimate of drug-likeness (QED) is 0.171. The molecule has 2 aromatic heterocycles. The van der Waals surface area contributed by atoms with Crippen molar-refractivity contribution in [1.82, 2.24) is 20.1 Å². The summed E-state index contributed by atoms with van der Waals surface area (Å²) in [7, 11) is 0. The van der Waals surface area contributed by atoms with Gasteiger partial charge in [-0.15, -0.1) is 0 Å². The molecule has 0 saturated heterocycles. The van der Waals surface area contributed by atoms with E-state index in [4.69, 9.17) is 4.52 Å². The third-order valence-electron chi connectivity index (χ3n) is 4.56. The maximum Gasteiger partial charge on any atom is 0.416 e. The highest BCUT2D eigenvalue weighted by Gasteiger charge is 2.31. The van der Waals surface area contributed by atoms with Crippen LogP contribution in [0.1, 0.15) is 22.7 Å². The number of aryl methyl sites for hydroxylation is 1. The fourth-order valence-corrected chi connectivity index (χ4v) is 3.75. The molecule has 0 N–H and O–H groups in total. The minimum atomic E-state index is -4.49. The lowest BCUT2D eigenvalue weighted by atomic mass is 10.1. The van der Waals surface area contributed by atoms with Gasteiger partial charge in [0, 0.05) is 16.8 Å². The van der Waals surface area contributed by atoms with Crippen LogP contribution >= 0.6 is 11.8 Å². The van der Waals surface area contributed by atoms with Gasteiger partial charge in [-0.25, -0.2) is 9.97 Å². The van der Waals surface area contributed by atoms with Crippen LogP contribution in [-0.4, -0.2) is 20.1 Å². The van der Waals surface area contributed by atoms with Gasteiger partial charge in [0.05, 0.1) is 16.9 Å². The highest BCUT2D eigenvalue weighted by Crippen LogP contribution is 2.33.